The minimum atomic E-state index is 0.203. The Morgan fingerprint density at radius 2 is 1.13 bits per heavy atom. The molecule has 262 valence electrons. The third-order valence-electron chi connectivity index (χ3n) is 10.6. The van der Waals surface area contributed by atoms with Crippen LogP contribution in [-0.2, 0) is 0 Å². The highest BCUT2D eigenvalue weighted by atomic mass is 32.1. The van der Waals surface area contributed by atoms with Crippen molar-refractivity contribution in [2.24, 2.45) is 4.99 Å². The number of aryl methyl sites for hydroxylation is 1. The van der Waals surface area contributed by atoms with Gasteiger partial charge in [0.1, 0.15) is 11.4 Å². The van der Waals surface area contributed by atoms with Gasteiger partial charge in [0.15, 0.2) is 0 Å². The van der Waals surface area contributed by atoms with Crippen molar-refractivity contribution in [3.05, 3.63) is 175 Å². The molecule has 0 saturated carbocycles. The number of rotatable bonds is 4. The molecule has 0 atom stereocenters. The lowest BCUT2D eigenvalue weighted by atomic mass is 9.98. The maximum Gasteiger partial charge on any atom is 0.150 e. The standard InChI is InChI=1S/C25H17NOS.C25H17NS/c1-26-21-13-14-22-23(24(21)27)20-12-6-11-19(25(20)28-22)18-10-5-9-17(15-18)16-7-3-2-4-8-16;1-16-14-15-22(25-24(16)19-10-4-7-13-23(19)27-25)26-20-11-5-2-8-17(20)18-9-3-6-12-21(18)26/h2-15,27H,1H2;2-15H,1H3. The van der Waals surface area contributed by atoms with E-state index in [1.807, 2.05) is 35.6 Å². The molecule has 0 amide bonds. The Bertz CT molecular complexity index is 3210. The highest BCUT2D eigenvalue weighted by Gasteiger charge is 2.18. The fraction of sp³-hybridized carbons (Fsp3) is 0.0200. The smallest absolute Gasteiger partial charge is 0.150 e. The fourth-order valence-corrected chi connectivity index (χ4v) is 10.6. The van der Waals surface area contributed by atoms with Crippen molar-refractivity contribution < 1.29 is 5.11 Å². The van der Waals surface area contributed by atoms with E-state index in [9.17, 15) is 5.11 Å². The van der Waals surface area contributed by atoms with Crippen LogP contribution in [0.2, 0.25) is 0 Å². The van der Waals surface area contributed by atoms with Crippen LogP contribution >= 0.6 is 22.7 Å². The van der Waals surface area contributed by atoms with Crippen molar-refractivity contribution in [2.45, 2.75) is 6.92 Å². The summed E-state index contributed by atoms with van der Waals surface area (Å²) in [7, 11) is 0. The van der Waals surface area contributed by atoms with Crippen LogP contribution in [0.1, 0.15) is 5.56 Å². The third kappa shape index (κ3) is 5.43. The molecule has 55 heavy (non-hydrogen) atoms. The molecule has 11 rings (SSSR count). The Labute approximate surface area is 326 Å². The van der Waals surface area contributed by atoms with Crippen LogP contribution in [0.3, 0.4) is 0 Å². The molecular weight excluding hydrogens is 709 g/mol. The molecular formula is C50H34N2OS2. The van der Waals surface area contributed by atoms with Gasteiger partial charge in [0.05, 0.1) is 21.4 Å². The Hall–Kier alpha value is -6.53. The number of fused-ring (bicyclic) bond motifs is 9. The number of phenolic OH excluding ortho intramolecular Hbond substituents is 1. The van der Waals surface area contributed by atoms with Crippen LogP contribution in [0, 0.1) is 6.92 Å². The lowest BCUT2D eigenvalue weighted by Gasteiger charge is -2.10. The summed E-state index contributed by atoms with van der Waals surface area (Å²) < 4.78 is 7.36. The predicted molar refractivity (Wildman–Crippen MR) is 239 cm³/mol. The Kier molecular flexibility index (Phi) is 8.06. The number of phenols is 1. The summed E-state index contributed by atoms with van der Waals surface area (Å²) in [5, 5.41) is 17.9. The number of aromatic nitrogens is 1. The number of para-hydroxylation sites is 2. The minimum absolute atomic E-state index is 0.203. The lowest BCUT2D eigenvalue weighted by Crippen LogP contribution is -1.94. The number of nitrogens with zero attached hydrogens (tertiary/aromatic N) is 2. The second-order valence-electron chi connectivity index (χ2n) is 13.8. The van der Waals surface area contributed by atoms with Crippen LogP contribution in [-0.4, -0.2) is 16.4 Å². The first-order valence-electron chi connectivity index (χ1n) is 18.3. The highest BCUT2D eigenvalue weighted by molar-refractivity contribution is 7.26. The summed E-state index contributed by atoms with van der Waals surface area (Å²) in [4.78, 5) is 3.94. The van der Waals surface area contributed by atoms with Gasteiger partial charge in [-0.1, -0.05) is 127 Å². The van der Waals surface area contributed by atoms with Crippen molar-refractivity contribution in [3.63, 3.8) is 0 Å². The van der Waals surface area contributed by atoms with Crippen molar-refractivity contribution in [3.8, 4) is 33.7 Å². The van der Waals surface area contributed by atoms with E-state index < -0.39 is 0 Å². The largest absolute Gasteiger partial charge is 0.505 e. The van der Waals surface area contributed by atoms with Gasteiger partial charge in [-0.3, -0.25) is 4.99 Å². The Morgan fingerprint density at radius 1 is 0.509 bits per heavy atom. The average molecular weight is 743 g/mol. The molecule has 0 aliphatic rings. The summed E-state index contributed by atoms with van der Waals surface area (Å²) in [5.74, 6) is 0.203. The minimum Gasteiger partial charge on any atom is -0.505 e. The van der Waals surface area contributed by atoms with Gasteiger partial charge in [-0.2, -0.15) is 0 Å². The molecule has 3 heterocycles. The van der Waals surface area contributed by atoms with Gasteiger partial charge in [0.25, 0.3) is 0 Å². The van der Waals surface area contributed by atoms with Gasteiger partial charge in [-0.25, -0.2) is 0 Å². The number of hydrogen-bond acceptors (Lipinski definition) is 4. The van der Waals surface area contributed by atoms with E-state index in [1.54, 1.807) is 11.3 Å². The topological polar surface area (TPSA) is 37.5 Å². The first-order chi connectivity index (χ1) is 27.1. The maximum atomic E-state index is 10.7. The zero-order valence-corrected chi connectivity index (χ0v) is 31.7. The SMILES string of the molecule is C=Nc1ccc2sc3c(-c4cccc(-c5ccccc5)c4)cccc3c2c1O.Cc1ccc(-n2c3ccccc3c3ccccc32)c2sc3ccccc3c12. The number of benzene rings is 8. The van der Waals surface area contributed by atoms with E-state index in [1.165, 1.54) is 80.2 Å². The molecule has 8 aromatic carbocycles. The van der Waals surface area contributed by atoms with Crippen molar-refractivity contribution >= 4 is 97.2 Å². The summed E-state index contributed by atoms with van der Waals surface area (Å²) in [6.45, 7) is 5.78. The molecule has 11 aromatic rings. The second kappa shape index (κ2) is 13.4. The molecule has 1 N–H and O–H groups in total. The van der Waals surface area contributed by atoms with Gasteiger partial charge < -0.3 is 9.67 Å². The third-order valence-corrected chi connectivity index (χ3v) is 13.0. The van der Waals surface area contributed by atoms with Gasteiger partial charge in [-0.05, 0) is 83.9 Å². The van der Waals surface area contributed by atoms with Gasteiger partial charge in [-0.15, -0.1) is 22.7 Å². The normalized spacial score (nSPS) is 11.5. The number of thiophene rings is 2. The van der Waals surface area contributed by atoms with E-state index in [2.05, 4.69) is 169 Å². The van der Waals surface area contributed by atoms with E-state index in [-0.39, 0.29) is 5.75 Å². The van der Waals surface area contributed by atoms with E-state index in [0.29, 0.717) is 5.69 Å². The zero-order valence-electron chi connectivity index (χ0n) is 30.0. The molecule has 0 unspecified atom stereocenters. The predicted octanol–water partition coefficient (Wildman–Crippen LogP) is 14.9. The summed E-state index contributed by atoms with van der Waals surface area (Å²) in [6, 6.07) is 59.8. The van der Waals surface area contributed by atoms with Crippen LogP contribution in [0.15, 0.2) is 175 Å². The molecule has 0 bridgehead atoms. The molecule has 0 fully saturated rings. The molecule has 0 spiro atoms. The number of hydrogen-bond donors (Lipinski definition) is 1. The summed E-state index contributed by atoms with van der Waals surface area (Å²) >= 11 is 3.59. The zero-order chi connectivity index (χ0) is 37.0. The monoisotopic (exact) mass is 742 g/mol. The summed E-state index contributed by atoms with van der Waals surface area (Å²) in [6.07, 6.45) is 0. The van der Waals surface area contributed by atoms with E-state index in [4.69, 9.17) is 0 Å². The first kappa shape index (κ1) is 33.1. The Morgan fingerprint density at radius 3 is 1.89 bits per heavy atom. The fourth-order valence-electron chi connectivity index (χ4n) is 8.05. The van der Waals surface area contributed by atoms with Crippen molar-refractivity contribution in [1.82, 2.24) is 4.57 Å². The molecule has 0 radical (unpaired) electrons. The van der Waals surface area contributed by atoms with Gasteiger partial charge >= 0.3 is 0 Å². The molecule has 0 aliphatic carbocycles. The number of aliphatic imine (C=N–C) groups is 1. The highest BCUT2D eigenvalue weighted by Crippen LogP contribution is 2.47. The maximum absolute atomic E-state index is 10.7. The molecule has 5 heteroatoms. The molecule has 0 aliphatic heterocycles. The first-order valence-corrected chi connectivity index (χ1v) is 19.9. The van der Waals surface area contributed by atoms with Crippen molar-refractivity contribution in [1.29, 1.82) is 0 Å². The van der Waals surface area contributed by atoms with E-state index >= 15 is 0 Å². The van der Waals surface area contributed by atoms with Crippen LogP contribution < -0.4 is 0 Å². The van der Waals surface area contributed by atoms with Crippen LogP contribution in [0.4, 0.5) is 5.69 Å². The van der Waals surface area contributed by atoms with Gasteiger partial charge in [0.2, 0.25) is 0 Å². The average Bonchev–Trinajstić information content (AvgIpc) is 3.93. The molecule has 0 saturated heterocycles. The van der Waals surface area contributed by atoms with Crippen LogP contribution in [0.25, 0.3) is 90.1 Å². The summed E-state index contributed by atoms with van der Waals surface area (Å²) in [5.41, 5.74) is 10.4. The molecule has 3 aromatic heterocycles. The quantitative estimate of drug-likeness (QED) is 0.179. The van der Waals surface area contributed by atoms with E-state index in [0.717, 1.165) is 15.5 Å². The number of aromatic hydroxyl groups is 1. The van der Waals surface area contributed by atoms with Crippen LogP contribution in [0.5, 0.6) is 5.75 Å². The van der Waals surface area contributed by atoms with Crippen molar-refractivity contribution in [2.75, 3.05) is 0 Å². The second-order valence-corrected chi connectivity index (χ2v) is 15.9. The van der Waals surface area contributed by atoms with Gasteiger partial charge in [0, 0.05) is 46.4 Å². The molecule has 3 nitrogen and oxygen atoms in total. The Balaban J connectivity index is 0.000000135. The lowest BCUT2D eigenvalue weighted by molar-refractivity contribution is 0.483.